The van der Waals surface area contributed by atoms with Crippen molar-refractivity contribution in [3.63, 3.8) is 0 Å². The average molecular weight is 330 g/mol. The summed E-state index contributed by atoms with van der Waals surface area (Å²) in [4.78, 5) is 10.00. The van der Waals surface area contributed by atoms with Crippen LogP contribution in [0, 0.1) is 0 Å². The third kappa shape index (κ3) is 4.91. The van der Waals surface area contributed by atoms with E-state index < -0.39 is 22.6 Å². The summed E-state index contributed by atoms with van der Waals surface area (Å²) in [5, 5.41) is 8.10. The van der Waals surface area contributed by atoms with E-state index in [-0.39, 0.29) is 28.6 Å². The minimum absolute atomic E-state index is 0.283. The number of nitrogens with one attached hydrogen (secondary N) is 1. The van der Waals surface area contributed by atoms with Crippen LogP contribution >= 0.6 is 11.6 Å². The van der Waals surface area contributed by atoms with E-state index in [1.807, 2.05) is 4.72 Å². The van der Waals surface area contributed by atoms with Crippen molar-refractivity contribution in [2.24, 2.45) is 0 Å². The number of carboxylic acid groups (broad SMARTS) is 1. The fraction of sp³-hybridized carbons (Fsp3) is 0.300. The third-order valence-corrected chi connectivity index (χ3v) is 3.81. The second kappa shape index (κ2) is 6.82. The van der Waals surface area contributed by atoms with Gasteiger partial charge in [-0.1, -0.05) is 11.6 Å². The molecule has 0 saturated heterocycles. The molecule has 2 N–H and O–H groups in total. The second-order valence-corrected chi connectivity index (χ2v) is 5.69. The standard InChI is InChI=1S/C10H10ClF2NO5S/c11-7-5-6(1-2-8(7)19-10(12)13)20(17,18)14-4-3-9(15)16/h1-2,5,10,14H,3-4H2,(H,15,16). The second-order valence-electron chi connectivity index (χ2n) is 3.51. The lowest BCUT2D eigenvalue weighted by Crippen LogP contribution is -2.26. The summed E-state index contributed by atoms with van der Waals surface area (Å²) in [5.74, 6) is -1.52. The van der Waals surface area contributed by atoms with E-state index in [0.717, 1.165) is 18.2 Å². The van der Waals surface area contributed by atoms with E-state index in [1.54, 1.807) is 0 Å². The SMILES string of the molecule is O=C(O)CCNS(=O)(=O)c1ccc(OC(F)F)c(Cl)c1. The number of aliphatic carboxylic acids is 1. The normalized spacial score (nSPS) is 11.6. The van der Waals surface area contributed by atoms with Gasteiger partial charge in [0.05, 0.1) is 16.3 Å². The summed E-state index contributed by atoms with van der Waals surface area (Å²) >= 11 is 5.62. The number of carbonyl (C=O) groups is 1. The molecule has 0 fully saturated rings. The van der Waals surface area contributed by atoms with Crippen molar-refractivity contribution in [2.75, 3.05) is 6.54 Å². The van der Waals surface area contributed by atoms with Gasteiger partial charge in [0.1, 0.15) is 5.75 Å². The highest BCUT2D eigenvalue weighted by Crippen LogP contribution is 2.28. The van der Waals surface area contributed by atoms with E-state index in [9.17, 15) is 22.0 Å². The van der Waals surface area contributed by atoms with Gasteiger partial charge in [-0.25, -0.2) is 13.1 Å². The fourth-order valence-electron chi connectivity index (χ4n) is 1.22. The van der Waals surface area contributed by atoms with Gasteiger partial charge >= 0.3 is 12.6 Å². The van der Waals surface area contributed by atoms with Crippen LogP contribution in [-0.2, 0) is 14.8 Å². The molecule has 1 aromatic carbocycles. The molecule has 0 heterocycles. The Morgan fingerprint density at radius 2 is 2.10 bits per heavy atom. The number of benzene rings is 1. The van der Waals surface area contributed by atoms with Crippen molar-refractivity contribution in [3.05, 3.63) is 23.2 Å². The van der Waals surface area contributed by atoms with Crippen LogP contribution in [0.1, 0.15) is 6.42 Å². The van der Waals surface area contributed by atoms with Gasteiger partial charge in [-0.05, 0) is 18.2 Å². The van der Waals surface area contributed by atoms with Crippen LogP contribution in [0.5, 0.6) is 5.75 Å². The summed E-state index contributed by atoms with van der Waals surface area (Å²) < 4.78 is 53.6. The number of halogens is 3. The van der Waals surface area contributed by atoms with E-state index in [2.05, 4.69) is 4.74 Å². The van der Waals surface area contributed by atoms with Crippen molar-refractivity contribution in [2.45, 2.75) is 17.9 Å². The molecule has 0 atom stereocenters. The van der Waals surface area contributed by atoms with Crippen LogP contribution in [0.2, 0.25) is 5.02 Å². The Kier molecular flexibility index (Phi) is 5.66. The Morgan fingerprint density at radius 1 is 1.45 bits per heavy atom. The molecule has 0 aliphatic rings. The van der Waals surface area contributed by atoms with Gasteiger partial charge in [0.2, 0.25) is 10.0 Å². The van der Waals surface area contributed by atoms with E-state index in [0.29, 0.717) is 0 Å². The van der Waals surface area contributed by atoms with Gasteiger partial charge in [0.25, 0.3) is 0 Å². The van der Waals surface area contributed by atoms with Gasteiger partial charge in [-0.2, -0.15) is 8.78 Å². The van der Waals surface area contributed by atoms with Gasteiger partial charge in [0.15, 0.2) is 0 Å². The van der Waals surface area contributed by atoms with Crippen molar-refractivity contribution in [1.82, 2.24) is 4.72 Å². The number of ether oxygens (including phenoxy) is 1. The first-order valence-corrected chi connectivity index (χ1v) is 7.04. The van der Waals surface area contributed by atoms with Crippen LogP contribution in [0.15, 0.2) is 23.1 Å². The number of rotatable bonds is 7. The summed E-state index contributed by atoms with van der Waals surface area (Å²) in [6.45, 7) is -3.38. The Labute approximate surface area is 118 Å². The zero-order valence-electron chi connectivity index (χ0n) is 9.85. The van der Waals surface area contributed by atoms with E-state index >= 15 is 0 Å². The lowest BCUT2D eigenvalue weighted by atomic mass is 10.3. The zero-order valence-corrected chi connectivity index (χ0v) is 11.4. The molecule has 6 nitrogen and oxygen atoms in total. The first-order valence-electron chi connectivity index (χ1n) is 5.18. The predicted octanol–water partition coefficient (Wildman–Crippen LogP) is 1.69. The van der Waals surface area contributed by atoms with E-state index in [4.69, 9.17) is 16.7 Å². The quantitative estimate of drug-likeness (QED) is 0.794. The minimum atomic E-state index is -3.96. The summed E-state index contributed by atoms with van der Waals surface area (Å²) in [5.41, 5.74) is 0. The number of carboxylic acids is 1. The number of hydrogen-bond donors (Lipinski definition) is 2. The number of hydrogen-bond acceptors (Lipinski definition) is 4. The molecule has 0 bridgehead atoms. The monoisotopic (exact) mass is 329 g/mol. The molecule has 0 spiro atoms. The van der Waals surface area contributed by atoms with Crippen molar-refractivity contribution >= 4 is 27.6 Å². The first-order chi connectivity index (χ1) is 9.22. The molecule has 10 heteroatoms. The van der Waals surface area contributed by atoms with Crippen molar-refractivity contribution in [1.29, 1.82) is 0 Å². The van der Waals surface area contributed by atoms with Gasteiger partial charge < -0.3 is 9.84 Å². The van der Waals surface area contributed by atoms with Crippen LogP contribution < -0.4 is 9.46 Å². The molecule has 0 saturated carbocycles. The van der Waals surface area contributed by atoms with Crippen molar-refractivity contribution < 1.29 is 31.8 Å². The molecule has 0 aromatic heterocycles. The van der Waals surface area contributed by atoms with Gasteiger partial charge in [-0.15, -0.1) is 0 Å². The lowest BCUT2D eigenvalue weighted by Gasteiger charge is -2.09. The van der Waals surface area contributed by atoms with Crippen LogP contribution in [0.3, 0.4) is 0 Å². The molecule has 0 amide bonds. The Balaban J connectivity index is 2.85. The maximum Gasteiger partial charge on any atom is 0.387 e. The fourth-order valence-corrected chi connectivity index (χ4v) is 2.56. The largest absolute Gasteiger partial charge is 0.481 e. The highest BCUT2D eigenvalue weighted by Gasteiger charge is 2.17. The summed E-state index contributed by atoms with van der Waals surface area (Å²) in [6, 6.07) is 2.94. The van der Waals surface area contributed by atoms with Crippen LogP contribution in [0.4, 0.5) is 8.78 Å². The smallest absolute Gasteiger partial charge is 0.387 e. The zero-order chi connectivity index (χ0) is 15.3. The molecule has 1 rings (SSSR count). The average Bonchev–Trinajstić information content (AvgIpc) is 2.30. The maximum atomic E-state index is 12.0. The van der Waals surface area contributed by atoms with Crippen LogP contribution in [0.25, 0.3) is 0 Å². The maximum absolute atomic E-state index is 12.0. The lowest BCUT2D eigenvalue weighted by molar-refractivity contribution is -0.136. The summed E-state index contributed by atoms with van der Waals surface area (Å²) in [6.07, 6.45) is -0.389. The molecular weight excluding hydrogens is 320 g/mol. The molecule has 20 heavy (non-hydrogen) atoms. The third-order valence-electron chi connectivity index (χ3n) is 2.06. The Hall–Kier alpha value is -1.45. The van der Waals surface area contributed by atoms with Gasteiger partial charge in [0, 0.05) is 6.54 Å². The van der Waals surface area contributed by atoms with E-state index in [1.165, 1.54) is 0 Å². The van der Waals surface area contributed by atoms with Crippen LogP contribution in [-0.4, -0.2) is 32.6 Å². The predicted molar refractivity (Wildman–Crippen MR) is 65.5 cm³/mol. The molecule has 0 unspecified atom stereocenters. The molecule has 0 radical (unpaired) electrons. The van der Waals surface area contributed by atoms with Crippen molar-refractivity contribution in [3.8, 4) is 5.75 Å². The minimum Gasteiger partial charge on any atom is -0.481 e. The number of sulfonamides is 1. The topological polar surface area (TPSA) is 92.7 Å². The molecule has 1 aromatic rings. The Bertz CT molecular complexity index is 593. The Morgan fingerprint density at radius 3 is 2.60 bits per heavy atom. The molecular formula is C10H10ClF2NO5S. The molecule has 112 valence electrons. The van der Waals surface area contributed by atoms with Gasteiger partial charge in [-0.3, -0.25) is 4.79 Å². The first kappa shape index (κ1) is 16.6. The highest BCUT2D eigenvalue weighted by molar-refractivity contribution is 7.89. The summed E-state index contributed by atoms with van der Waals surface area (Å²) in [7, 11) is -3.96. The number of alkyl halides is 2. The molecule has 0 aliphatic heterocycles. The highest BCUT2D eigenvalue weighted by atomic mass is 35.5. The molecule has 0 aliphatic carbocycles.